The van der Waals surface area contributed by atoms with Gasteiger partial charge in [0.2, 0.25) is 0 Å². The first-order valence-corrected chi connectivity index (χ1v) is 6.61. The number of aliphatic hydroxyl groups is 1. The van der Waals surface area contributed by atoms with Crippen LogP contribution in [0.3, 0.4) is 0 Å². The van der Waals surface area contributed by atoms with Gasteiger partial charge in [0, 0.05) is 17.7 Å². The highest BCUT2D eigenvalue weighted by molar-refractivity contribution is 5.38. The summed E-state index contributed by atoms with van der Waals surface area (Å²) >= 11 is 0. The van der Waals surface area contributed by atoms with Crippen LogP contribution in [0, 0.1) is 0 Å². The first-order valence-electron chi connectivity index (χ1n) is 6.61. The lowest BCUT2D eigenvalue weighted by molar-refractivity contribution is 0.281. The number of methoxy groups -OCH3 is 1. The summed E-state index contributed by atoms with van der Waals surface area (Å²) in [5.41, 5.74) is 1.07. The van der Waals surface area contributed by atoms with Crippen LogP contribution in [0.1, 0.15) is 38.7 Å². The van der Waals surface area contributed by atoms with E-state index in [1.807, 2.05) is 18.2 Å². The average Bonchev–Trinajstić information content (AvgIpc) is 2.38. The first kappa shape index (κ1) is 15.0. The van der Waals surface area contributed by atoms with Crippen LogP contribution in [0.4, 0.5) is 0 Å². The van der Waals surface area contributed by atoms with E-state index in [2.05, 4.69) is 25.2 Å². The SMILES string of the molecule is COc1ccccc1C(C)(C)NCCCCCO. The number of ether oxygens (including phenoxy) is 1. The number of aliphatic hydroxyl groups excluding tert-OH is 1. The lowest BCUT2D eigenvalue weighted by Gasteiger charge is -2.28. The highest BCUT2D eigenvalue weighted by atomic mass is 16.5. The molecule has 0 bridgehead atoms. The monoisotopic (exact) mass is 251 g/mol. The molecule has 1 aromatic rings. The van der Waals surface area contributed by atoms with Crippen LogP contribution in [-0.4, -0.2) is 25.4 Å². The molecule has 3 nitrogen and oxygen atoms in total. The van der Waals surface area contributed by atoms with Crippen molar-refractivity contribution >= 4 is 0 Å². The number of hydrogen-bond acceptors (Lipinski definition) is 3. The van der Waals surface area contributed by atoms with E-state index in [-0.39, 0.29) is 12.1 Å². The van der Waals surface area contributed by atoms with Crippen LogP contribution in [0.25, 0.3) is 0 Å². The van der Waals surface area contributed by atoms with Crippen LogP contribution in [0.5, 0.6) is 5.75 Å². The number of nitrogens with one attached hydrogen (secondary N) is 1. The smallest absolute Gasteiger partial charge is 0.123 e. The van der Waals surface area contributed by atoms with Gasteiger partial charge in [0.05, 0.1) is 7.11 Å². The van der Waals surface area contributed by atoms with Crippen molar-refractivity contribution in [2.75, 3.05) is 20.3 Å². The highest BCUT2D eigenvalue weighted by Crippen LogP contribution is 2.29. The van der Waals surface area contributed by atoms with Crippen molar-refractivity contribution in [1.82, 2.24) is 5.32 Å². The Balaban J connectivity index is 2.56. The van der Waals surface area contributed by atoms with Crippen LogP contribution in [0.15, 0.2) is 24.3 Å². The molecule has 0 fully saturated rings. The summed E-state index contributed by atoms with van der Waals surface area (Å²) in [6.07, 6.45) is 3.03. The Kier molecular flexibility index (Phi) is 6.16. The Labute approximate surface area is 110 Å². The fourth-order valence-electron chi connectivity index (χ4n) is 2.07. The Bertz CT molecular complexity index is 350. The van der Waals surface area contributed by atoms with Crippen LogP contribution in [0.2, 0.25) is 0 Å². The third-order valence-corrected chi connectivity index (χ3v) is 3.18. The second kappa shape index (κ2) is 7.39. The summed E-state index contributed by atoms with van der Waals surface area (Å²) in [4.78, 5) is 0. The lowest BCUT2D eigenvalue weighted by atomic mass is 9.93. The zero-order valence-electron chi connectivity index (χ0n) is 11.7. The standard InChI is InChI=1S/C15H25NO2/c1-15(2,16-11-7-4-8-12-17)13-9-5-6-10-14(13)18-3/h5-6,9-10,16-17H,4,7-8,11-12H2,1-3H3. The summed E-state index contributed by atoms with van der Waals surface area (Å²) in [6.45, 7) is 5.56. The minimum absolute atomic E-state index is 0.105. The molecule has 1 rings (SSSR count). The maximum Gasteiger partial charge on any atom is 0.123 e. The summed E-state index contributed by atoms with van der Waals surface area (Å²) in [7, 11) is 1.70. The highest BCUT2D eigenvalue weighted by Gasteiger charge is 2.22. The van der Waals surface area contributed by atoms with Gasteiger partial charge in [0.1, 0.15) is 5.75 Å². The van der Waals surface area contributed by atoms with E-state index in [4.69, 9.17) is 9.84 Å². The summed E-state index contributed by atoms with van der Waals surface area (Å²) in [6, 6.07) is 8.11. The molecule has 0 saturated heterocycles. The largest absolute Gasteiger partial charge is 0.496 e. The fraction of sp³-hybridized carbons (Fsp3) is 0.600. The molecule has 0 heterocycles. The third-order valence-electron chi connectivity index (χ3n) is 3.18. The zero-order chi connectivity index (χ0) is 13.4. The normalized spacial score (nSPS) is 11.6. The minimum atomic E-state index is -0.105. The molecule has 18 heavy (non-hydrogen) atoms. The lowest BCUT2D eigenvalue weighted by Crippen LogP contribution is -2.37. The van der Waals surface area contributed by atoms with Crippen LogP contribution >= 0.6 is 0 Å². The maximum atomic E-state index is 8.73. The molecule has 102 valence electrons. The van der Waals surface area contributed by atoms with Crippen molar-refractivity contribution in [2.45, 2.75) is 38.6 Å². The second-order valence-electron chi connectivity index (χ2n) is 5.04. The van der Waals surface area contributed by atoms with Crippen LogP contribution < -0.4 is 10.1 Å². The molecule has 0 unspecified atom stereocenters. The maximum absolute atomic E-state index is 8.73. The summed E-state index contributed by atoms with van der Waals surface area (Å²) < 4.78 is 5.40. The van der Waals surface area contributed by atoms with Gasteiger partial charge in [-0.3, -0.25) is 0 Å². The summed E-state index contributed by atoms with van der Waals surface area (Å²) in [5.74, 6) is 0.922. The first-order chi connectivity index (χ1) is 8.61. The van der Waals surface area contributed by atoms with E-state index < -0.39 is 0 Å². The molecular formula is C15H25NO2. The van der Waals surface area contributed by atoms with E-state index in [1.165, 1.54) is 5.56 Å². The van der Waals surface area contributed by atoms with Crippen molar-refractivity contribution in [2.24, 2.45) is 0 Å². The van der Waals surface area contributed by atoms with Crippen molar-refractivity contribution < 1.29 is 9.84 Å². The van der Waals surface area contributed by atoms with Crippen molar-refractivity contribution in [3.8, 4) is 5.75 Å². The molecular weight excluding hydrogens is 226 g/mol. The quantitative estimate of drug-likeness (QED) is 0.698. The summed E-state index contributed by atoms with van der Waals surface area (Å²) in [5, 5.41) is 12.3. The van der Waals surface area contributed by atoms with Crippen molar-refractivity contribution in [3.05, 3.63) is 29.8 Å². The predicted octanol–water partition coefficient (Wildman–Crippen LogP) is 2.68. The van der Waals surface area contributed by atoms with Gasteiger partial charge < -0.3 is 15.2 Å². The molecule has 0 aliphatic carbocycles. The van der Waals surface area contributed by atoms with Gasteiger partial charge in [-0.2, -0.15) is 0 Å². The van der Waals surface area contributed by atoms with E-state index in [0.29, 0.717) is 0 Å². The Morgan fingerprint density at radius 1 is 1.17 bits per heavy atom. The zero-order valence-corrected chi connectivity index (χ0v) is 11.7. The van der Waals surface area contributed by atoms with Gasteiger partial charge in [-0.1, -0.05) is 18.2 Å². The van der Waals surface area contributed by atoms with E-state index in [9.17, 15) is 0 Å². The Hall–Kier alpha value is -1.06. The number of unbranched alkanes of at least 4 members (excludes halogenated alkanes) is 2. The molecule has 0 aliphatic heterocycles. The molecule has 0 radical (unpaired) electrons. The Morgan fingerprint density at radius 3 is 2.56 bits per heavy atom. The molecule has 0 atom stereocenters. The van der Waals surface area contributed by atoms with Crippen molar-refractivity contribution in [3.63, 3.8) is 0 Å². The molecule has 0 spiro atoms. The molecule has 3 heteroatoms. The van der Waals surface area contributed by atoms with E-state index >= 15 is 0 Å². The number of para-hydroxylation sites is 1. The van der Waals surface area contributed by atoms with Gasteiger partial charge >= 0.3 is 0 Å². The molecule has 0 aromatic heterocycles. The molecule has 0 saturated carbocycles. The average molecular weight is 251 g/mol. The number of hydrogen-bond donors (Lipinski definition) is 2. The molecule has 0 amide bonds. The topological polar surface area (TPSA) is 41.5 Å². The predicted molar refractivity (Wildman–Crippen MR) is 75.0 cm³/mol. The van der Waals surface area contributed by atoms with Gasteiger partial charge in [-0.25, -0.2) is 0 Å². The van der Waals surface area contributed by atoms with Gasteiger partial charge in [-0.15, -0.1) is 0 Å². The second-order valence-corrected chi connectivity index (χ2v) is 5.04. The third kappa shape index (κ3) is 4.31. The molecule has 0 aliphatic rings. The van der Waals surface area contributed by atoms with Crippen LogP contribution in [-0.2, 0) is 5.54 Å². The molecule has 2 N–H and O–H groups in total. The van der Waals surface area contributed by atoms with Gasteiger partial charge in [0.25, 0.3) is 0 Å². The van der Waals surface area contributed by atoms with Gasteiger partial charge in [0.15, 0.2) is 0 Å². The number of rotatable bonds is 8. The fourth-order valence-corrected chi connectivity index (χ4v) is 2.07. The van der Waals surface area contributed by atoms with E-state index in [0.717, 1.165) is 31.6 Å². The Morgan fingerprint density at radius 2 is 1.89 bits per heavy atom. The minimum Gasteiger partial charge on any atom is -0.496 e. The number of benzene rings is 1. The van der Waals surface area contributed by atoms with E-state index in [1.54, 1.807) is 7.11 Å². The van der Waals surface area contributed by atoms with Gasteiger partial charge in [-0.05, 0) is 45.7 Å². The molecule has 1 aromatic carbocycles. The van der Waals surface area contributed by atoms with Crippen molar-refractivity contribution in [1.29, 1.82) is 0 Å².